The lowest BCUT2D eigenvalue weighted by Gasteiger charge is -2.35. The molecule has 0 unspecified atom stereocenters. The summed E-state index contributed by atoms with van der Waals surface area (Å²) in [5.41, 5.74) is 2.20. The van der Waals surface area contributed by atoms with Gasteiger partial charge in [-0.05, 0) is 36.4 Å². The molecule has 0 radical (unpaired) electrons. The highest BCUT2D eigenvalue weighted by molar-refractivity contribution is 7.13. The molecule has 5 rings (SSSR count). The van der Waals surface area contributed by atoms with E-state index in [4.69, 9.17) is 5.10 Å². The van der Waals surface area contributed by atoms with Gasteiger partial charge in [-0.1, -0.05) is 24.3 Å². The smallest absolute Gasteiger partial charge is 0.258 e. The SMILES string of the molecule is O=C1NC[C@@H]2[C@H]1CCCN2C(=O)c1cn(-c2ccccc2)nc1-c1cccs1. The molecule has 2 aromatic heterocycles. The number of hydrogen-bond acceptors (Lipinski definition) is 4. The number of rotatable bonds is 3. The first-order valence-electron chi connectivity index (χ1n) is 9.50. The van der Waals surface area contributed by atoms with E-state index in [9.17, 15) is 9.59 Å². The standard InChI is InChI=1S/C21H20N4O2S/c26-20-15-8-4-10-24(17(15)12-22-20)21(27)16-13-25(14-6-2-1-3-7-14)23-19(16)18-9-5-11-28-18/h1-3,5-7,9,11,13,15,17H,4,8,10,12H2,(H,22,26)/t15-,17-/m1/s1. The van der Waals surface area contributed by atoms with Gasteiger partial charge in [0.15, 0.2) is 0 Å². The number of thiophene rings is 1. The zero-order valence-electron chi connectivity index (χ0n) is 15.2. The monoisotopic (exact) mass is 392 g/mol. The van der Waals surface area contributed by atoms with Crippen LogP contribution >= 0.6 is 11.3 Å². The lowest BCUT2D eigenvalue weighted by atomic mass is 9.91. The van der Waals surface area contributed by atoms with Crippen LogP contribution in [-0.2, 0) is 4.79 Å². The molecule has 0 spiro atoms. The van der Waals surface area contributed by atoms with Gasteiger partial charge in [0.1, 0.15) is 5.69 Å². The van der Waals surface area contributed by atoms with Crippen LogP contribution < -0.4 is 5.32 Å². The van der Waals surface area contributed by atoms with Crippen molar-refractivity contribution in [2.75, 3.05) is 13.1 Å². The summed E-state index contributed by atoms with van der Waals surface area (Å²) in [4.78, 5) is 28.5. The Morgan fingerprint density at radius 3 is 2.82 bits per heavy atom. The van der Waals surface area contributed by atoms with Gasteiger partial charge in [-0.15, -0.1) is 11.3 Å². The fourth-order valence-electron chi connectivity index (χ4n) is 4.20. The number of carbonyl (C=O) groups is 2. The van der Waals surface area contributed by atoms with E-state index in [1.54, 1.807) is 16.0 Å². The first-order chi connectivity index (χ1) is 13.7. The van der Waals surface area contributed by atoms with Gasteiger partial charge in [-0.2, -0.15) is 5.10 Å². The number of piperidine rings is 1. The summed E-state index contributed by atoms with van der Waals surface area (Å²) in [5.74, 6) is -0.0650. The fraction of sp³-hybridized carbons (Fsp3) is 0.286. The van der Waals surface area contributed by atoms with Crippen molar-refractivity contribution in [3.63, 3.8) is 0 Å². The van der Waals surface area contributed by atoms with E-state index >= 15 is 0 Å². The number of para-hydroxylation sites is 1. The number of likely N-dealkylation sites (tertiary alicyclic amines) is 1. The van der Waals surface area contributed by atoms with E-state index in [1.165, 1.54) is 0 Å². The average Bonchev–Trinajstić information content (AvgIpc) is 3.48. The molecular weight excluding hydrogens is 372 g/mol. The predicted octanol–water partition coefficient (Wildman–Crippen LogP) is 2.95. The summed E-state index contributed by atoms with van der Waals surface area (Å²) in [6.07, 6.45) is 3.52. The number of carbonyl (C=O) groups excluding carboxylic acids is 2. The fourth-order valence-corrected chi connectivity index (χ4v) is 4.92. The van der Waals surface area contributed by atoms with E-state index < -0.39 is 0 Å². The molecule has 0 bridgehead atoms. The molecule has 1 N–H and O–H groups in total. The first-order valence-corrected chi connectivity index (χ1v) is 10.4. The molecule has 2 atom stereocenters. The lowest BCUT2D eigenvalue weighted by molar-refractivity contribution is -0.123. The highest BCUT2D eigenvalue weighted by Gasteiger charge is 2.43. The van der Waals surface area contributed by atoms with Crippen LogP contribution in [0.4, 0.5) is 0 Å². The summed E-state index contributed by atoms with van der Waals surface area (Å²) >= 11 is 1.57. The Labute approximate surface area is 166 Å². The summed E-state index contributed by atoms with van der Waals surface area (Å²) in [6, 6.07) is 13.7. The highest BCUT2D eigenvalue weighted by atomic mass is 32.1. The van der Waals surface area contributed by atoms with Crippen LogP contribution in [0.25, 0.3) is 16.3 Å². The zero-order chi connectivity index (χ0) is 19.1. The third kappa shape index (κ3) is 2.82. The third-order valence-electron chi connectivity index (χ3n) is 5.58. The second-order valence-corrected chi connectivity index (χ2v) is 8.16. The molecule has 2 aliphatic heterocycles. The van der Waals surface area contributed by atoms with Crippen LogP contribution in [-0.4, -0.2) is 45.6 Å². The summed E-state index contributed by atoms with van der Waals surface area (Å²) in [7, 11) is 0. The Balaban J connectivity index is 1.56. The molecule has 2 amide bonds. The van der Waals surface area contributed by atoms with Crippen molar-refractivity contribution in [1.82, 2.24) is 20.0 Å². The molecule has 0 aliphatic carbocycles. The summed E-state index contributed by atoms with van der Waals surface area (Å²) < 4.78 is 1.77. The molecule has 1 aromatic carbocycles. The van der Waals surface area contributed by atoms with Crippen molar-refractivity contribution in [1.29, 1.82) is 0 Å². The number of hydrogen-bond donors (Lipinski definition) is 1. The van der Waals surface area contributed by atoms with E-state index in [0.717, 1.165) is 23.4 Å². The number of aromatic nitrogens is 2. The Morgan fingerprint density at radius 1 is 1.18 bits per heavy atom. The second-order valence-electron chi connectivity index (χ2n) is 7.21. The van der Waals surface area contributed by atoms with Gasteiger partial charge in [0.2, 0.25) is 5.91 Å². The Kier molecular flexibility index (Phi) is 4.24. The average molecular weight is 392 g/mol. The molecule has 4 heterocycles. The topological polar surface area (TPSA) is 67.2 Å². The first kappa shape index (κ1) is 17.2. The minimum atomic E-state index is -0.0907. The maximum atomic E-state index is 13.5. The second kappa shape index (κ2) is 6.91. The van der Waals surface area contributed by atoms with Gasteiger partial charge in [0.05, 0.1) is 28.1 Å². The van der Waals surface area contributed by atoms with Crippen LogP contribution in [0.3, 0.4) is 0 Å². The van der Waals surface area contributed by atoms with Gasteiger partial charge in [0, 0.05) is 19.3 Å². The van der Waals surface area contributed by atoms with Crippen LogP contribution in [0.2, 0.25) is 0 Å². The predicted molar refractivity (Wildman–Crippen MR) is 107 cm³/mol. The molecule has 142 valence electrons. The van der Waals surface area contributed by atoms with E-state index in [1.807, 2.05) is 58.9 Å². The van der Waals surface area contributed by atoms with Gasteiger partial charge in [-0.3, -0.25) is 9.59 Å². The lowest BCUT2D eigenvalue weighted by Crippen LogP contribution is -2.48. The molecule has 3 aromatic rings. The van der Waals surface area contributed by atoms with Crippen LogP contribution in [0.15, 0.2) is 54.0 Å². The largest absolute Gasteiger partial charge is 0.354 e. The highest BCUT2D eigenvalue weighted by Crippen LogP contribution is 2.32. The van der Waals surface area contributed by atoms with Crippen molar-refractivity contribution >= 4 is 23.2 Å². The Bertz CT molecular complexity index is 1010. The molecular formula is C21H20N4O2S. The summed E-state index contributed by atoms with van der Waals surface area (Å²) in [6.45, 7) is 1.21. The zero-order valence-corrected chi connectivity index (χ0v) is 16.1. The number of nitrogens with one attached hydrogen (secondary N) is 1. The van der Waals surface area contributed by atoms with Crippen molar-refractivity contribution in [3.05, 3.63) is 59.6 Å². The Morgan fingerprint density at radius 2 is 2.04 bits per heavy atom. The van der Waals surface area contributed by atoms with E-state index in [2.05, 4.69) is 5.32 Å². The van der Waals surface area contributed by atoms with Gasteiger partial charge < -0.3 is 10.2 Å². The number of nitrogens with zero attached hydrogens (tertiary/aromatic N) is 3. The van der Waals surface area contributed by atoms with Crippen molar-refractivity contribution in [3.8, 4) is 16.3 Å². The van der Waals surface area contributed by atoms with Crippen molar-refractivity contribution < 1.29 is 9.59 Å². The van der Waals surface area contributed by atoms with Crippen LogP contribution in [0.5, 0.6) is 0 Å². The Hall–Kier alpha value is -2.93. The molecule has 0 saturated carbocycles. The molecule has 2 fully saturated rings. The number of benzene rings is 1. The van der Waals surface area contributed by atoms with Crippen molar-refractivity contribution in [2.45, 2.75) is 18.9 Å². The molecule has 2 aliphatic rings. The minimum Gasteiger partial charge on any atom is -0.354 e. The summed E-state index contributed by atoms with van der Waals surface area (Å²) in [5, 5.41) is 9.64. The van der Waals surface area contributed by atoms with Gasteiger partial charge >= 0.3 is 0 Å². The maximum absolute atomic E-state index is 13.5. The van der Waals surface area contributed by atoms with E-state index in [0.29, 0.717) is 24.3 Å². The molecule has 2 saturated heterocycles. The number of fused-ring (bicyclic) bond motifs is 1. The quantitative estimate of drug-likeness (QED) is 0.745. The molecule has 7 heteroatoms. The van der Waals surface area contributed by atoms with Crippen LogP contribution in [0.1, 0.15) is 23.2 Å². The van der Waals surface area contributed by atoms with Crippen LogP contribution in [0, 0.1) is 5.92 Å². The molecule has 6 nitrogen and oxygen atoms in total. The molecule has 28 heavy (non-hydrogen) atoms. The minimum absolute atomic E-state index is 0.0446. The number of amides is 2. The van der Waals surface area contributed by atoms with Gasteiger partial charge in [-0.25, -0.2) is 4.68 Å². The normalized spacial score (nSPS) is 21.4. The van der Waals surface area contributed by atoms with E-state index in [-0.39, 0.29) is 23.8 Å². The third-order valence-corrected chi connectivity index (χ3v) is 6.46. The van der Waals surface area contributed by atoms with Gasteiger partial charge in [0.25, 0.3) is 5.91 Å². The maximum Gasteiger partial charge on any atom is 0.258 e. The van der Waals surface area contributed by atoms with Crippen molar-refractivity contribution in [2.24, 2.45) is 5.92 Å².